The van der Waals surface area contributed by atoms with E-state index in [0.29, 0.717) is 38.5 Å². The fourth-order valence-corrected chi connectivity index (χ4v) is 2.15. The molecule has 1 aliphatic heterocycles. The molecule has 0 unspecified atom stereocenters. The predicted octanol–water partition coefficient (Wildman–Crippen LogP) is 1.51. The van der Waals surface area contributed by atoms with Crippen molar-refractivity contribution in [3.05, 3.63) is 30.1 Å². The normalized spacial score (nSPS) is 14.6. The van der Waals surface area contributed by atoms with E-state index in [2.05, 4.69) is 0 Å². The number of ether oxygens (including phenoxy) is 2. The Morgan fingerprint density at radius 3 is 2.50 bits per heavy atom. The third kappa shape index (κ3) is 4.34. The number of halogens is 1. The summed E-state index contributed by atoms with van der Waals surface area (Å²) in [6.07, 6.45) is -0.356. The second-order valence-corrected chi connectivity index (χ2v) is 4.81. The molecule has 2 rings (SSSR count). The molecule has 6 nitrogen and oxygen atoms in total. The van der Waals surface area contributed by atoms with Crippen molar-refractivity contribution in [2.24, 2.45) is 0 Å². The minimum atomic E-state index is -0.409. The summed E-state index contributed by atoms with van der Waals surface area (Å²) in [6, 6.07) is 5.65. The van der Waals surface area contributed by atoms with E-state index in [9.17, 15) is 14.0 Å². The van der Waals surface area contributed by atoms with Gasteiger partial charge in [0, 0.05) is 32.2 Å². The van der Waals surface area contributed by atoms with Gasteiger partial charge in [-0.2, -0.15) is 0 Å². The Balaban J connectivity index is 1.76. The van der Waals surface area contributed by atoms with E-state index in [4.69, 9.17) is 9.47 Å². The van der Waals surface area contributed by atoms with Gasteiger partial charge in [-0.25, -0.2) is 9.18 Å². The largest absolute Gasteiger partial charge is 0.484 e. The number of carbonyl (C=O) groups is 2. The lowest BCUT2D eigenvalue weighted by Gasteiger charge is -2.33. The Kier molecular flexibility index (Phi) is 5.57. The van der Waals surface area contributed by atoms with E-state index in [1.54, 1.807) is 22.8 Å². The molecule has 1 aliphatic rings. The van der Waals surface area contributed by atoms with Crippen molar-refractivity contribution < 1.29 is 23.5 Å². The second kappa shape index (κ2) is 7.63. The van der Waals surface area contributed by atoms with Crippen molar-refractivity contribution in [1.29, 1.82) is 0 Å². The molecule has 1 saturated heterocycles. The van der Waals surface area contributed by atoms with Crippen molar-refractivity contribution in [2.75, 3.05) is 39.4 Å². The van der Waals surface area contributed by atoms with Crippen LogP contribution in [-0.2, 0) is 9.53 Å². The molecule has 0 bridgehead atoms. The Morgan fingerprint density at radius 1 is 1.18 bits per heavy atom. The maximum Gasteiger partial charge on any atom is 0.409 e. The molecule has 0 aliphatic carbocycles. The molecule has 1 fully saturated rings. The van der Waals surface area contributed by atoms with Crippen LogP contribution in [0.3, 0.4) is 0 Å². The van der Waals surface area contributed by atoms with Gasteiger partial charge >= 0.3 is 6.09 Å². The quantitative estimate of drug-likeness (QED) is 0.846. The molecule has 0 saturated carbocycles. The Morgan fingerprint density at radius 2 is 1.86 bits per heavy atom. The number of piperazine rings is 1. The van der Waals surface area contributed by atoms with Crippen molar-refractivity contribution in [3.63, 3.8) is 0 Å². The van der Waals surface area contributed by atoms with Crippen LogP contribution >= 0.6 is 0 Å². The van der Waals surface area contributed by atoms with Crippen molar-refractivity contribution in [1.82, 2.24) is 9.80 Å². The molecule has 0 N–H and O–H groups in total. The molecular weight excluding hydrogens is 291 g/mol. The van der Waals surface area contributed by atoms with E-state index in [1.165, 1.54) is 18.2 Å². The molecule has 0 aromatic heterocycles. The first-order chi connectivity index (χ1) is 10.6. The van der Waals surface area contributed by atoms with Crippen LogP contribution in [0.15, 0.2) is 24.3 Å². The highest BCUT2D eigenvalue weighted by molar-refractivity contribution is 5.78. The summed E-state index contributed by atoms with van der Waals surface area (Å²) < 4.78 is 23.2. The molecular formula is C15H19FN2O4. The van der Waals surface area contributed by atoms with Gasteiger partial charge in [0.25, 0.3) is 5.91 Å². The first kappa shape index (κ1) is 16.1. The van der Waals surface area contributed by atoms with Crippen molar-refractivity contribution in [2.45, 2.75) is 6.92 Å². The van der Waals surface area contributed by atoms with Gasteiger partial charge in [-0.15, -0.1) is 0 Å². The fourth-order valence-electron chi connectivity index (χ4n) is 2.15. The Labute approximate surface area is 128 Å². The summed E-state index contributed by atoms with van der Waals surface area (Å²) in [7, 11) is 0. The maximum atomic E-state index is 13.0. The molecule has 1 heterocycles. The number of carbonyl (C=O) groups excluding carboxylic acids is 2. The highest BCUT2D eigenvalue weighted by atomic mass is 19.1. The van der Waals surface area contributed by atoms with Crippen LogP contribution in [0.2, 0.25) is 0 Å². The first-order valence-electron chi connectivity index (χ1n) is 7.18. The van der Waals surface area contributed by atoms with Crippen LogP contribution in [-0.4, -0.2) is 61.2 Å². The fraction of sp³-hybridized carbons (Fsp3) is 0.467. The number of amides is 2. The zero-order valence-corrected chi connectivity index (χ0v) is 12.5. The summed E-state index contributed by atoms with van der Waals surface area (Å²) in [5.41, 5.74) is 0. The van der Waals surface area contributed by atoms with Crippen LogP contribution in [0.5, 0.6) is 5.75 Å². The highest BCUT2D eigenvalue weighted by Gasteiger charge is 2.24. The van der Waals surface area contributed by atoms with Gasteiger partial charge in [-0.05, 0) is 19.1 Å². The van der Waals surface area contributed by atoms with Crippen LogP contribution in [0.1, 0.15) is 6.92 Å². The van der Waals surface area contributed by atoms with Crippen LogP contribution < -0.4 is 4.74 Å². The lowest BCUT2D eigenvalue weighted by molar-refractivity contribution is -0.134. The molecule has 0 radical (unpaired) electrons. The third-order valence-electron chi connectivity index (χ3n) is 3.32. The van der Waals surface area contributed by atoms with E-state index in [1.807, 2.05) is 0 Å². The number of hydrogen-bond donors (Lipinski definition) is 0. The smallest absolute Gasteiger partial charge is 0.409 e. The van der Waals surface area contributed by atoms with Gasteiger partial charge in [0.1, 0.15) is 11.6 Å². The molecule has 1 aromatic rings. The number of nitrogens with zero attached hydrogens (tertiary/aromatic N) is 2. The zero-order valence-electron chi connectivity index (χ0n) is 12.5. The Bertz CT molecular complexity index is 530. The second-order valence-electron chi connectivity index (χ2n) is 4.81. The minimum absolute atomic E-state index is 0.150. The van der Waals surface area contributed by atoms with E-state index < -0.39 is 5.82 Å². The summed E-state index contributed by atoms with van der Waals surface area (Å²) in [5.74, 6) is -0.278. The van der Waals surface area contributed by atoms with Gasteiger partial charge in [0.05, 0.1) is 6.61 Å². The van der Waals surface area contributed by atoms with Gasteiger partial charge in [0.15, 0.2) is 6.61 Å². The van der Waals surface area contributed by atoms with Gasteiger partial charge in [0.2, 0.25) is 0 Å². The van der Waals surface area contributed by atoms with Gasteiger partial charge in [-0.3, -0.25) is 4.79 Å². The SMILES string of the molecule is CCOC(=O)N1CCN(C(=O)COc2cccc(F)c2)CC1. The molecule has 7 heteroatoms. The summed E-state index contributed by atoms with van der Waals surface area (Å²) in [5, 5.41) is 0. The van der Waals surface area contributed by atoms with E-state index >= 15 is 0 Å². The predicted molar refractivity (Wildman–Crippen MR) is 77.1 cm³/mol. The van der Waals surface area contributed by atoms with E-state index in [0.717, 1.165) is 0 Å². The zero-order chi connectivity index (χ0) is 15.9. The van der Waals surface area contributed by atoms with Crippen LogP contribution in [0, 0.1) is 5.82 Å². The monoisotopic (exact) mass is 310 g/mol. The van der Waals surface area contributed by atoms with Crippen molar-refractivity contribution in [3.8, 4) is 5.75 Å². The van der Waals surface area contributed by atoms with Crippen LogP contribution in [0.4, 0.5) is 9.18 Å². The average Bonchev–Trinajstić information content (AvgIpc) is 2.53. The molecule has 0 spiro atoms. The van der Waals surface area contributed by atoms with E-state index in [-0.39, 0.29) is 18.6 Å². The summed E-state index contributed by atoms with van der Waals surface area (Å²) in [6.45, 7) is 3.67. The minimum Gasteiger partial charge on any atom is -0.484 e. The molecule has 0 atom stereocenters. The average molecular weight is 310 g/mol. The highest BCUT2D eigenvalue weighted by Crippen LogP contribution is 2.12. The number of hydrogen-bond acceptors (Lipinski definition) is 4. The molecule has 2 amide bonds. The summed E-state index contributed by atoms with van der Waals surface area (Å²) >= 11 is 0. The summed E-state index contributed by atoms with van der Waals surface area (Å²) in [4.78, 5) is 26.8. The van der Waals surface area contributed by atoms with Crippen molar-refractivity contribution >= 4 is 12.0 Å². The standard InChI is InChI=1S/C15H19FN2O4/c1-2-21-15(20)18-8-6-17(7-9-18)14(19)11-22-13-5-3-4-12(16)10-13/h3-5,10H,2,6-9,11H2,1H3. The number of benzene rings is 1. The molecule has 1 aromatic carbocycles. The lowest BCUT2D eigenvalue weighted by Crippen LogP contribution is -2.51. The molecule has 22 heavy (non-hydrogen) atoms. The van der Waals surface area contributed by atoms with Gasteiger partial charge in [-0.1, -0.05) is 6.07 Å². The van der Waals surface area contributed by atoms with Gasteiger partial charge < -0.3 is 19.3 Å². The Hall–Kier alpha value is -2.31. The lowest BCUT2D eigenvalue weighted by atomic mass is 10.3. The maximum absolute atomic E-state index is 13.0. The van der Waals surface area contributed by atoms with Crippen LogP contribution in [0.25, 0.3) is 0 Å². The molecule has 120 valence electrons. The third-order valence-corrected chi connectivity index (χ3v) is 3.32. The first-order valence-corrected chi connectivity index (χ1v) is 7.18. The topological polar surface area (TPSA) is 59.1 Å². The number of rotatable bonds is 4.